The molecule has 0 aromatic heterocycles. The van der Waals surface area contributed by atoms with Crippen LogP contribution in [-0.4, -0.2) is 31.6 Å². The summed E-state index contributed by atoms with van der Waals surface area (Å²) < 4.78 is 39.8. The average Bonchev–Trinajstić information content (AvgIpc) is 2.72. The van der Waals surface area contributed by atoms with Crippen LogP contribution in [0.3, 0.4) is 0 Å². The first kappa shape index (κ1) is 22.7. The summed E-state index contributed by atoms with van der Waals surface area (Å²) >= 11 is 0. The Morgan fingerprint density at radius 1 is 0.967 bits per heavy atom. The molecule has 2 aromatic rings. The van der Waals surface area contributed by atoms with Gasteiger partial charge < -0.3 is 14.2 Å². The second-order valence-corrected chi connectivity index (χ2v) is 5.75. The van der Waals surface area contributed by atoms with Crippen molar-refractivity contribution in [2.45, 2.75) is 20.5 Å². The third kappa shape index (κ3) is 7.08. The number of benzene rings is 2. The van der Waals surface area contributed by atoms with E-state index >= 15 is 0 Å². The van der Waals surface area contributed by atoms with Crippen molar-refractivity contribution in [2.75, 3.05) is 13.2 Å². The van der Waals surface area contributed by atoms with Gasteiger partial charge in [0.1, 0.15) is 5.75 Å². The van der Waals surface area contributed by atoms with E-state index in [1.165, 1.54) is 30.4 Å². The second kappa shape index (κ2) is 11.4. The van der Waals surface area contributed by atoms with Gasteiger partial charge in [-0.15, -0.1) is 0 Å². The molecule has 0 fully saturated rings. The largest absolute Gasteiger partial charge is 0.494 e. The van der Waals surface area contributed by atoms with Crippen molar-refractivity contribution < 1.29 is 32.6 Å². The van der Waals surface area contributed by atoms with Crippen molar-refractivity contribution in [3.8, 4) is 17.2 Å². The van der Waals surface area contributed by atoms with Gasteiger partial charge in [-0.1, -0.05) is 6.07 Å². The quantitative estimate of drug-likeness (QED) is 0.479. The lowest BCUT2D eigenvalue weighted by atomic mass is 10.2. The number of hydrazine groups is 1. The average molecular weight is 420 g/mol. The molecule has 30 heavy (non-hydrogen) atoms. The van der Waals surface area contributed by atoms with Crippen LogP contribution in [0.2, 0.25) is 0 Å². The predicted octanol–water partition coefficient (Wildman–Crippen LogP) is 3.56. The number of carbonyl (C=O) groups is 2. The molecule has 0 spiro atoms. The summed E-state index contributed by atoms with van der Waals surface area (Å²) in [5.41, 5.74) is 5.41. The predicted molar refractivity (Wildman–Crippen MR) is 106 cm³/mol. The molecule has 0 unspecified atom stereocenters. The number of nitrogens with one attached hydrogen (secondary N) is 2. The minimum Gasteiger partial charge on any atom is -0.494 e. The number of halogens is 2. The molecule has 9 heteroatoms. The van der Waals surface area contributed by atoms with Crippen molar-refractivity contribution in [1.82, 2.24) is 10.9 Å². The first-order chi connectivity index (χ1) is 14.4. The van der Waals surface area contributed by atoms with Gasteiger partial charge in [0.25, 0.3) is 11.8 Å². The summed E-state index contributed by atoms with van der Waals surface area (Å²) in [6, 6.07) is 10.7. The lowest BCUT2D eigenvalue weighted by molar-refractivity contribution is -0.117. The van der Waals surface area contributed by atoms with E-state index in [0.717, 1.165) is 0 Å². The summed E-state index contributed by atoms with van der Waals surface area (Å²) in [5.74, 6) is -0.412. The van der Waals surface area contributed by atoms with Crippen molar-refractivity contribution in [3.63, 3.8) is 0 Å². The number of rotatable bonds is 9. The minimum atomic E-state index is -2.98. The van der Waals surface area contributed by atoms with Crippen LogP contribution in [0.15, 0.2) is 48.5 Å². The molecular weight excluding hydrogens is 398 g/mol. The van der Waals surface area contributed by atoms with E-state index in [0.29, 0.717) is 23.5 Å². The number of ether oxygens (including phenoxy) is 3. The van der Waals surface area contributed by atoms with E-state index in [-0.39, 0.29) is 18.1 Å². The number of amides is 2. The second-order valence-electron chi connectivity index (χ2n) is 5.75. The molecule has 2 N–H and O–H groups in total. The summed E-state index contributed by atoms with van der Waals surface area (Å²) in [6.07, 6.45) is 2.62. The first-order valence-corrected chi connectivity index (χ1v) is 9.15. The van der Waals surface area contributed by atoms with E-state index in [1.54, 1.807) is 31.2 Å². The number of hydrogen-bond donors (Lipinski definition) is 2. The number of carbonyl (C=O) groups excluding carboxylic acids is 2. The summed E-state index contributed by atoms with van der Waals surface area (Å²) in [5, 5.41) is 0. The molecule has 2 aromatic carbocycles. The lowest BCUT2D eigenvalue weighted by Gasteiger charge is -2.11. The topological polar surface area (TPSA) is 85.9 Å². The fourth-order valence-electron chi connectivity index (χ4n) is 2.36. The van der Waals surface area contributed by atoms with Crippen LogP contribution >= 0.6 is 0 Å². The summed E-state index contributed by atoms with van der Waals surface area (Å²) in [7, 11) is 0. The molecule has 0 aliphatic rings. The Morgan fingerprint density at radius 2 is 1.67 bits per heavy atom. The third-order valence-electron chi connectivity index (χ3n) is 3.64. The van der Waals surface area contributed by atoms with Crippen LogP contribution in [0.25, 0.3) is 6.08 Å². The first-order valence-electron chi connectivity index (χ1n) is 9.15. The van der Waals surface area contributed by atoms with E-state index in [9.17, 15) is 18.4 Å². The zero-order valence-corrected chi connectivity index (χ0v) is 16.5. The Balaban J connectivity index is 1.93. The zero-order valence-electron chi connectivity index (χ0n) is 16.5. The minimum absolute atomic E-state index is 0.101. The molecule has 7 nitrogen and oxygen atoms in total. The highest BCUT2D eigenvalue weighted by Crippen LogP contribution is 2.30. The van der Waals surface area contributed by atoms with Crippen LogP contribution in [0.4, 0.5) is 8.78 Å². The molecule has 0 atom stereocenters. The van der Waals surface area contributed by atoms with Crippen molar-refractivity contribution in [2.24, 2.45) is 0 Å². The summed E-state index contributed by atoms with van der Waals surface area (Å²) in [4.78, 5) is 24.0. The molecule has 160 valence electrons. The Labute approximate surface area is 172 Å². The van der Waals surface area contributed by atoms with Gasteiger partial charge in [-0.3, -0.25) is 20.4 Å². The smallest absolute Gasteiger partial charge is 0.387 e. The Bertz CT molecular complexity index is 885. The fourth-order valence-corrected chi connectivity index (χ4v) is 2.36. The van der Waals surface area contributed by atoms with Gasteiger partial charge in [-0.05, 0) is 61.9 Å². The highest BCUT2D eigenvalue weighted by atomic mass is 19.3. The number of hydrogen-bond acceptors (Lipinski definition) is 5. The Kier molecular flexibility index (Phi) is 8.61. The van der Waals surface area contributed by atoms with E-state index < -0.39 is 18.4 Å². The van der Waals surface area contributed by atoms with Crippen molar-refractivity contribution in [3.05, 3.63) is 59.7 Å². The SMILES string of the molecule is CCOc1ccc(C(=O)NNC(=O)/C=C/c2ccc(OC(F)F)c(OCC)c2)cc1. The van der Waals surface area contributed by atoms with Crippen LogP contribution in [0, 0.1) is 0 Å². The third-order valence-corrected chi connectivity index (χ3v) is 3.64. The molecule has 0 aliphatic heterocycles. The normalized spacial score (nSPS) is 10.7. The van der Waals surface area contributed by atoms with Gasteiger partial charge in [-0.2, -0.15) is 8.78 Å². The highest BCUT2D eigenvalue weighted by molar-refractivity contribution is 5.98. The lowest BCUT2D eigenvalue weighted by Crippen LogP contribution is -2.40. The van der Waals surface area contributed by atoms with E-state index in [1.807, 2.05) is 6.92 Å². The van der Waals surface area contributed by atoms with Crippen LogP contribution in [0.1, 0.15) is 29.8 Å². The van der Waals surface area contributed by atoms with Crippen LogP contribution in [0.5, 0.6) is 17.2 Å². The van der Waals surface area contributed by atoms with Crippen molar-refractivity contribution in [1.29, 1.82) is 0 Å². The Hall–Kier alpha value is -3.62. The zero-order chi connectivity index (χ0) is 21.9. The van der Waals surface area contributed by atoms with E-state index in [4.69, 9.17) is 9.47 Å². The molecule has 0 heterocycles. The maximum atomic E-state index is 12.4. The van der Waals surface area contributed by atoms with Gasteiger partial charge in [0.05, 0.1) is 13.2 Å². The highest BCUT2D eigenvalue weighted by Gasteiger charge is 2.11. The summed E-state index contributed by atoms with van der Waals surface area (Å²) in [6.45, 7) is 1.35. The molecule has 2 rings (SSSR count). The van der Waals surface area contributed by atoms with Gasteiger partial charge in [0.2, 0.25) is 0 Å². The fraction of sp³-hybridized carbons (Fsp3) is 0.238. The van der Waals surface area contributed by atoms with Crippen LogP contribution < -0.4 is 25.1 Å². The molecule has 0 aliphatic carbocycles. The molecular formula is C21H22F2N2O5. The maximum Gasteiger partial charge on any atom is 0.387 e. The van der Waals surface area contributed by atoms with Gasteiger partial charge >= 0.3 is 6.61 Å². The molecule has 0 saturated heterocycles. The van der Waals surface area contributed by atoms with Gasteiger partial charge in [0.15, 0.2) is 11.5 Å². The maximum absolute atomic E-state index is 12.4. The standard InChI is InChI=1S/C21H22F2N2O5/c1-3-28-16-9-7-15(8-10-16)20(27)25-24-19(26)12-6-14-5-11-17(30-21(22)23)18(13-14)29-4-2/h5-13,21H,3-4H2,1-2H3,(H,24,26)(H,25,27)/b12-6+. The molecule has 0 saturated carbocycles. The van der Waals surface area contributed by atoms with E-state index in [2.05, 4.69) is 15.6 Å². The van der Waals surface area contributed by atoms with Gasteiger partial charge in [-0.25, -0.2) is 0 Å². The number of alkyl halides is 2. The molecule has 0 radical (unpaired) electrons. The monoisotopic (exact) mass is 420 g/mol. The van der Waals surface area contributed by atoms with Crippen LogP contribution in [-0.2, 0) is 4.79 Å². The van der Waals surface area contributed by atoms with Crippen molar-refractivity contribution >= 4 is 17.9 Å². The molecule has 0 bridgehead atoms. The molecule has 2 amide bonds. The van der Waals surface area contributed by atoms with Gasteiger partial charge in [0, 0.05) is 11.6 Å². The Morgan fingerprint density at radius 3 is 2.30 bits per heavy atom.